The van der Waals surface area contributed by atoms with Crippen molar-refractivity contribution in [1.29, 1.82) is 0 Å². The van der Waals surface area contributed by atoms with Gasteiger partial charge in [-0.25, -0.2) is 0 Å². The van der Waals surface area contributed by atoms with Crippen LogP contribution in [0.1, 0.15) is 17.2 Å². The second kappa shape index (κ2) is 7.81. The normalized spacial score (nSPS) is 12.4. The van der Waals surface area contributed by atoms with Crippen LogP contribution < -0.4 is 10.1 Å². The number of methoxy groups -OCH3 is 1. The highest BCUT2D eigenvalue weighted by Gasteiger charge is 2.12. The van der Waals surface area contributed by atoms with Gasteiger partial charge in [-0.05, 0) is 37.4 Å². The van der Waals surface area contributed by atoms with E-state index in [2.05, 4.69) is 59.7 Å². The molecule has 0 aliphatic heterocycles. The van der Waals surface area contributed by atoms with Crippen molar-refractivity contribution in [3.8, 4) is 5.75 Å². The minimum atomic E-state index is 0.310. The maximum atomic E-state index is 5.21. The van der Waals surface area contributed by atoms with Crippen LogP contribution in [-0.2, 0) is 6.54 Å². The first kappa shape index (κ1) is 15.5. The van der Waals surface area contributed by atoms with Gasteiger partial charge in [0, 0.05) is 19.1 Å². The summed E-state index contributed by atoms with van der Waals surface area (Å²) in [5.74, 6) is 0.895. The summed E-state index contributed by atoms with van der Waals surface area (Å²) in [4.78, 5) is 2.33. The predicted molar refractivity (Wildman–Crippen MR) is 87.6 cm³/mol. The zero-order valence-electron chi connectivity index (χ0n) is 13.0. The number of hydrogen-bond acceptors (Lipinski definition) is 3. The predicted octanol–water partition coefficient (Wildman–Crippen LogP) is 3.09. The number of rotatable bonds is 7. The highest BCUT2D eigenvalue weighted by molar-refractivity contribution is 5.29. The van der Waals surface area contributed by atoms with E-state index in [1.54, 1.807) is 7.11 Å². The molecule has 0 saturated heterocycles. The first-order chi connectivity index (χ1) is 10.2. The molecule has 0 saturated carbocycles. The minimum absolute atomic E-state index is 0.310. The summed E-state index contributed by atoms with van der Waals surface area (Å²) in [6.45, 7) is 1.91. The average Bonchev–Trinajstić information content (AvgIpc) is 2.53. The van der Waals surface area contributed by atoms with Gasteiger partial charge >= 0.3 is 0 Å². The van der Waals surface area contributed by atoms with Gasteiger partial charge in [-0.3, -0.25) is 0 Å². The van der Waals surface area contributed by atoms with Gasteiger partial charge in [0.25, 0.3) is 0 Å². The molecular formula is C18H24N2O. The van der Waals surface area contributed by atoms with Crippen LogP contribution in [0.15, 0.2) is 54.6 Å². The van der Waals surface area contributed by atoms with E-state index in [-0.39, 0.29) is 0 Å². The molecule has 0 heterocycles. The zero-order chi connectivity index (χ0) is 15.1. The molecule has 3 heteroatoms. The van der Waals surface area contributed by atoms with E-state index in [9.17, 15) is 0 Å². The first-order valence-electron chi connectivity index (χ1n) is 7.26. The Balaban J connectivity index is 1.97. The first-order valence-corrected chi connectivity index (χ1v) is 7.26. The molecular weight excluding hydrogens is 260 g/mol. The number of hydrogen-bond donors (Lipinski definition) is 1. The van der Waals surface area contributed by atoms with E-state index in [4.69, 9.17) is 4.74 Å². The van der Waals surface area contributed by atoms with Crippen LogP contribution in [0.25, 0.3) is 0 Å². The molecule has 0 spiro atoms. The lowest BCUT2D eigenvalue weighted by molar-refractivity contribution is 0.289. The Labute approximate surface area is 127 Å². The maximum Gasteiger partial charge on any atom is 0.118 e. The van der Waals surface area contributed by atoms with Crippen LogP contribution in [-0.4, -0.2) is 32.6 Å². The second-order valence-electron chi connectivity index (χ2n) is 5.30. The lowest BCUT2D eigenvalue weighted by Gasteiger charge is -2.24. The summed E-state index contributed by atoms with van der Waals surface area (Å²) in [5.41, 5.74) is 2.61. The van der Waals surface area contributed by atoms with E-state index in [1.807, 2.05) is 19.2 Å². The van der Waals surface area contributed by atoms with E-state index < -0.39 is 0 Å². The van der Waals surface area contributed by atoms with Crippen molar-refractivity contribution in [1.82, 2.24) is 10.2 Å². The SMILES string of the molecule is CNC(CN(C)Cc1ccccc1)c1ccc(OC)cc1. The molecule has 112 valence electrons. The summed E-state index contributed by atoms with van der Waals surface area (Å²) in [5, 5.41) is 3.39. The van der Waals surface area contributed by atoms with E-state index >= 15 is 0 Å². The summed E-state index contributed by atoms with van der Waals surface area (Å²) in [6.07, 6.45) is 0. The maximum absolute atomic E-state index is 5.21. The molecule has 2 aromatic rings. The molecule has 1 unspecified atom stereocenters. The molecule has 1 N–H and O–H groups in total. The van der Waals surface area contributed by atoms with Crippen LogP contribution in [0.3, 0.4) is 0 Å². The highest BCUT2D eigenvalue weighted by atomic mass is 16.5. The summed E-state index contributed by atoms with van der Waals surface area (Å²) >= 11 is 0. The van der Waals surface area contributed by atoms with Crippen LogP contribution in [0.5, 0.6) is 5.75 Å². The van der Waals surface area contributed by atoms with Crippen LogP contribution >= 0.6 is 0 Å². The molecule has 21 heavy (non-hydrogen) atoms. The topological polar surface area (TPSA) is 24.5 Å². The van der Waals surface area contributed by atoms with Gasteiger partial charge < -0.3 is 15.0 Å². The van der Waals surface area contributed by atoms with Crippen LogP contribution in [0.2, 0.25) is 0 Å². The van der Waals surface area contributed by atoms with Crippen LogP contribution in [0, 0.1) is 0 Å². The molecule has 1 atom stereocenters. The zero-order valence-corrected chi connectivity index (χ0v) is 13.0. The highest BCUT2D eigenvalue weighted by Crippen LogP contribution is 2.18. The summed E-state index contributed by atoms with van der Waals surface area (Å²) < 4.78 is 5.21. The number of likely N-dealkylation sites (N-methyl/N-ethyl adjacent to an activating group) is 2. The van der Waals surface area contributed by atoms with E-state index in [0.717, 1.165) is 18.8 Å². The molecule has 2 rings (SSSR count). The fourth-order valence-electron chi connectivity index (χ4n) is 2.47. The standard InChI is InChI=1S/C18H24N2O/c1-19-18(16-9-11-17(21-3)12-10-16)14-20(2)13-15-7-5-4-6-8-15/h4-12,18-19H,13-14H2,1-3H3. The molecule has 0 aliphatic rings. The van der Waals surface area contributed by atoms with Gasteiger partial charge in [-0.1, -0.05) is 42.5 Å². The average molecular weight is 284 g/mol. The lowest BCUT2D eigenvalue weighted by Crippen LogP contribution is -2.30. The molecule has 0 fully saturated rings. The van der Waals surface area contributed by atoms with Gasteiger partial charge in [-0.2, -0.15) is 0 Å². The lowest BCUT2D eigenvalue weighted by atomic mass is 10.1. The fourth-order valence-corrected chi connectivity index (χ4v) is 2.47. The molecule has 0 bridgehead atoms. The fraction of sp³-hybridized carbons (Fsp3) is 0.333. The van der Waals surface area contributed by atoms with Gasteiger partial charge in [0.15, 0.2) is 0 Å². The number of ether oxygens (including phenoxy) is 1. The van der Waals surface area contributed by atoms with Crippen molar-refractivity contribution in [3.63, 3.8) is 0 Å². The van der Waals surface area contributed by atoms with Crippen molar-refractivity contribution in [3.05, 3.63) is 65.7 Å². The Morgan fingerprint density at radius 2 is 1.71 bits per heavy atom. The second-order valence-corrected chi connectivity index (χ2v) is 5.30. The third kappa shape index (κ3) is 4.59. The molecule has 0 aliphatic carbocycles. The monoisotopic (exact) mass is 284 g/mol. The van der Waals surface area contributed by atoms with Gasteiger partial charge in [0.1, 0.15) is 5.75 Å². The molecule has 3 nitrogen and oxygen atoms in total. The smallest absolute Gasteiger partial charge is 0.118 e. The van der Waals surface area contributed by atoms with E-state index in [1.165, 1.54) is 11.1 Å². The van der Waals surface area contributed by atoms with Crippen molar-refractivity contribution in [2.45, 2.75) is 12.6 Å². The molecule has 0 aromatic heterocycles. The Hall–Kier alpha value is -1.84. The minimum Gasteiger partial charge on any atom is -0.497 e. The molecule has 0 amide bonds. The van der Waals surface area contributed by atoms with Crippen LogP contribution in [0.4, 0.5) is 0 Å². The van der Waals surface area contributed by atoms with Gasteiger partial charge in [-0.15, -0.1) is 0 Å². The van der Waals surface area contributed by atoms with E-state index in [0.29, 0.717) is 6.04 Å². The van der Waals surface area contributed by atoms with Gasteiger partial charge in [0.2, 0.25) is 0 Å². The van der Waals surface area contributed by atoms with Crippen molar-refractivity contribution < 1.29 is 4.74 Å². The molecule has 2 aromatic carbocycles. The number of nitrogens with zero attached hydrogens (tertiary/aromatic N) is 1. The van der Waals surface area contributed by atoms with Crippen molar-refractivity contribution >= 4 is 0 Å². The van der Waals surface area contributed by atoms with Crippen molar-refractivity contribution in [2.75, 3.05) is 27.7 Å². The van der Waals surface area contributed by atoms with Crippen molar-refractivity contribution in [2.24, 2.45) is 0 Å². The van der Waals surface area contributed by atoms with Gasteiger partial charge in [0.05, 0.1) is 7.11 Å². The Morgan fingerprint density at radius 1 is 1.05 bits per heavy atom. The largest absolute Gasteiger partial charge is 0.497 e. The Morgan fingerprint density at radius 3 is 2.29 bits per heavy atom. The third-order valence-electron chi connectivity index (χ3n) is 3.66. The number of nitrogens with one attached hydrogen (secondary N) is 1. The summed E-state index contributed by atoms with van der Waals surface area (Å²) in [7, 11) is 5.85. The third-order valence-corrected chi connectivity index (χ3v) is 3.66. The Kier molecular flexibility index (Phi) is 5.78. The molecule has 0 radical (unpaired) electrons. The number of benzene rings is 2. The Bertz CT molecular complexity index is 525. The summed E-state index contributed by atoms with van der Waals surface area (Å²) in [6, 6.07) is 19.1. The quantitative estimate of drug-likeness (QED) is 0.845.